The van der Waals surface area contributed by atoms with E-state index < -0.39 is 0 Å². The van der Waals surface area contributed by atoms with Crippen LogP contribution in [-0.4, -0.2) is 30.8 Å². The fourth-order valence-corrected chi connectivity index (χ4v) is 2.60. The van der Waals surface area contributed by atoms with Crippen LogP contribution in [0.15, 0.2) is 36.5 Å². The van der Waals surface area contributed by atoms with Gasteiger partial charge in [-0.3, -0.25) is 4.98 Å². The number of methoxy groups -OCH3 is 1. The van der Waals surface area contributed by atoms with Crippen LogP contribution in [0.3, 0.4) is 0 Å². The number of halogens is 1. The highest BCUT2D eigenvalue weighted by atomic mass is 35.5. The van der Waals surface area contributed by atoms with Crippen LogP contribution in [-0.2, 0) is 13.0 Å². The molecule has 2 aromatic rings. The fourth-order valence-electron chi connectivity index (χ4n) is 2.49. The van der Waals surface area contributed by atoms with Gasteiger partial charge in [0.25, 0.3) is 0 Å². The van der Waals surface area contributed by atoms with Crippen molar-refractivity contribution in [2.75, 3.05) is 13.7 Å². The zero-order chi connectivity index (χ0) is 16.9. The molecule has 0 aliphatic carbocycles. The largest absolute Gasteiger partial charge is 0.497 e. The van der Waals surface area contributed by atoms with E-state index >= 15 is 0 Å². The zero-order valence-electron chi connectivity index (χ0n) is 13.2. The van der Waals surface area contributed by atoms with Crippen molar-refractivity contribution in [3.05, 3.63) is 52.8 Å². The number of carbonyl (C=O) groups excluding carboxylic acids is 1. The minimum Gasteiger partial charge on any atom is -0.497 e. The van der Waals surface area contributed by atoms with Gasteiger partial charge in [-0.15, -0.1) is 0 Å². The van der Waals surface area contributed by atoms with Crippen molar-refractivity contribution in [2.24, 2.45) is 0 Å². The Morgan fingerprint density at radius 3 is 3.04 bits per heavy atom. The molecule has 126 valence electrons. The highest BCUT2D eigenvalue weighted by molar-refractivity contribution is 6.30. The summed E-state index contributed by atoms with van der Waals surface area (Å²) in [4.78, 5) is 16.1. The Kier molecular flexibility index (Phi) is 5.05. The van der Waals surface area contributed by atoms with Gasteiger partial charge in [0, 0.05) is 12.3 Å². The maximum absolute atomic E-state index is 12.0. The van der Waals surface area contributed by atoms with Crippen molar-refractivity contribution in [1.29, 1.82) is 0 Å². The quantitative estimate of drug-likeness (QED) is 0.891. The Morgan fingerprint density at radius 2 is 2.29 bits per heavy atom. The predicted octanol–water partition coefficient (Wildman–Crippen LogP) is 2.55. The van der Waals surface area contributed by atoms with Crippen LogP contribution in [0, 0.1) is 0 Å². The fraction of sp³-hybridized carbons (Fsp3) is 0.294. The molecule has 0 saturated carbocycles. The Morgan fingerprint density at radius 1 is 1.42 bits per heavy atom. The van der Waals surface area contributed by atoms with Crippen molar-refractivity contribution < 1.29 is 14.3 Å². The molecule has 0 radical (unpaired) electrons. The van der Waals surface area contributed by atoms with Gasteiger partial charge in [-0.25, -0.2) is 4.79 Å². The number of carbonyl (C=O) groups is 1. The van der Waals surface area contributed by atoms with Gasteiger partial charge in [0.15, 0.2) is 0 Å². The molecule has 1 aliphatic heterocycles. The Bertz CT molecular complexity index is 722. The third kappa shape index (κ3) is 4.08. The average molecular weight is 348 g/mol. The minimum absolute atomic E-state index is 0.0796. The summed E-state index contributed by atoms with van der Waals surface area (Å²) in [5.41, 5.74) is 1.79. The smallest absolute Gasteiger partial charge is 0.315 e. The van der Waals surface area contributed by atoms with E-state index in [1.54, 1.807) is 25.4 Å². The van der Waals surface area contributed by atoms with E-state index in [1.807, 2.05) is 18.2 Å². The molecule has 2 amide bonds. The molecular weight excluding hydrogens is 330 g/mol. The van der Waals surface area contributed by atoms with Crippen LogP contribution in [0.1, 0.15) is 11.3 Å². The topological polar surface area (TPSA) is 72.5 Å². The molecule has 1 aromatic carbocycles. The summed E-state index contributed by atoms with van der Waals surface area (Å²) in [6.45, 7) is 0.761. The standard InChI is InChI=1S/C17H18ClN3O3/c1-23-15-5-2-11-6-14(10-24-16(11)7-15)21-17(22)20-9-13-4-3-12(18)8-19-13/h2-5,7-8,14H,6,9-10H2,1H3,(H2,20,21,22)/t14-/m0/s1. The number of nitrogens with one attached hydrogen (secondary N) is 2. The van der Waals surface area contributed by atoms with Gasteiger partial charge in [0.2, 0.25) is 0 Å². The van der Waals surface area contributed by atoms with Crippen molar-refractivity contribution in [3.63, 3.8) is 0 Å². The normalized spacial score (nSPS) is 15.8. The first-order valence-electron chi connectivity index (χ1n) is 7.58. The van der Waals surface area contributed by atoms with E-state index in [0.717, 1.165) is 22.8 Å². The van der Waals surface area contributed by atoms with Gasteiger partial charge in [-0.05, 0) is 30.2 Å². The molecule has 3 rings (SSSR count). The van der Waals surface area contributed by atoms with Gasteiger partial charge in [0.05, 0.1) is 30.4 Å². The number of benzene rings is 1. The van der Waals surface area contributed by atoms with Crippen LogP contribution in [0.4, 0.5) is 4.79 Å². The average Bonchev–Trinajstić information content (AvgIpc) is 2.61. The number of nitrogens with zero attached hydrogens (tertiary/aromatic N) is 1. The van der Waals surface area contributed by atoms with E-state index in [0.29, 0.717) is 24.6 Å². The molecular formula is C17H18ClN3O3. The molecule has 24 heavy (non-hydrogen) atoms. The van der Waals surface area contributed by atoms with E-state index in [4.69, 9.17) is 21.1 Å². The molecule has 0 saturated heterocycles. The maximum Gasteiger partial charge on any atom is 0.315 e. The summed E-state index contributed by atoms with van der Waals surface area (Å²) in [6, 6.07) is 8.88. The lowest BCUT2D eigenvalue weighted by Gasteiger charge is -2.26. The minimum atomic E-state index is -0.252. The number of fused-ring (bicyclic) bond motifs is 1. The SMILES string of the molecule is COc1ccc2c(c1)OC[C@@H](NC(=O)NCc1ccc(Cl)cn1)C2. The molecule has 0 unspecified atom stereocenters. The first-order valence-corrected chi connectivity index (χ1v) is 7.96. The summed E-state index contributed by atoms with van der Waals surface area (Å²) >= 11 is 5.78. The van der Waals surface area contributed by atoms with Gasteiger partial charge in [-0.1, -0.05) is 17.7 Å². The lowest BCUT2D eigenvalue weighted by molar-refractivity contribution is 0.213. The molecule has 0 bridgehead atoms. The van der Waals surface area contributed by atoms with Crippen LogP contribution in [0.2, 0.25) is 5.02 Å². The van der Waals surface area contributed by atoms with Crippen molar-refractivity contribution in [2.45, 2.75) is 19.0 Å². The van der Waals surface area contributed by atoms with E-state index in [-0.39, 0.29) is 12.1 Å². The first kappa shape index (κ1) is 16.4. The number of pyridine rings is 1. The Balaban J connectivity index is 1.51. The molecule has 6 nitrogen and oxygen atoms in total. The lowest BCUT2D eigenvalue weighted by Crippen LogP contribution is -2.47. The first-order chi connectivity index (χ1) is 11.6. The number of amides is 2. The zero-order valence-corrected chi connectivity index (χ0v) is 14.0. The van der Waals surface area contributed by atoms with Crippen LogP contribution < -0.4 is 20.1 Å². The highest BCUT2D eigenvalue weighted by Gasteiger charge is 2.21. The molecule has 1 aliphatic rings. The summed E-state index contributed by atoms with van der Waals surface area (Å²) in [5.74, 6) is 1.56. The van der Waals surface area contributed by atoms with Crippen molar-refractivity contribution in [3.8, 4) is 11.5 Å². The van der Waals surface area contributed by atoms with Gasteiger partial charge in [-0.2, -0.15) is 0 Å². The molecule has 0 spiro atoms. The molecule has 7 heteroatoms. The summed E-state index contributed by atoms with van der Waals surface area (Å²) < 4.78 is 10.9. The monoisotopic (exact) mass is 347 g/mol. The number of hydrogen-bond acceptors (Lipinski definition) is 4. The Labute approximate surface area is 145 Å². The molecule has 0 fully saturated rings. The maximum atomic E-state index is 12.0. The summed E-state index contributed by atoms with van der Waals surface area (Å²) in [6.07, 6.45) is 2.27. The molecule has 2 heterocycles. The van der Waals surface area contributed by atoms with Crippen LogP contribution >= 0.6 is 11.6 Å². The van der Waals surface area contributed by atoms with Crippen LogP contribution in [0.25, 0.3) is 0 Å². The third-order valence-electron chi connectivity index (χ3n) is 3.73. The number of hydrogen-bond donors (Lipinski definition) is 2. The number of urea groups is 1. The number of ether oxygens (including phenoxy) is 2. The van der Waals surface area contributed by atoms with Crippen molar-refractivity contribution >= 4 is 17.6 Å². The van der Waals surface area contributed by atoms with Gasteiger partial charge < -0.3 is 20.1 Å². The predicted molar refractivity (Wildman–Crippen MR) is 90.6 cm³/mol. The second-order valence-electron chi connectivity index (χ2n) is 5.48. The second kappa shape index (κ2) is 7.40. The van der Waals surface area contributed by atoms with E-state index in [1.165, 1.54) is 0 Å². The highest BCUT2D eigenvalue weighted by Crippen LogP contribution is 2.28. The van der Waals surface area contributed by atoms with Crippen LogP contribution in [0.5, 0.6) is 11.5 Å². The molecule has 1 atom stereocenters. The lowest BCUT2D eigenvalue weighted by atomic mass is 10.0. The van der Waals surface area contributed by atoms with Crippen molar-refractivity contribution in [1.82, 2.24) is 15.6 Å². The summed E-state index contributed by atoms with van der Waals surface area (Å²) in [5, 5.41) is 6.25. The molecule has 1 aromatic heterocycles. The number of aromatic nitrogens is 1. The van der Waals surface area contributed by atoms with E-state index in [2.05, 4.69) is 15.6 Å². The number of rotatable bonds is 4. The van der Waals surface area contributed by atoms with E-state index in [9.17, 15) is 4.79 Å². The van der Waals surface area contributed by atoms with Gasteiger partial charge >= 0.3 is 6.03 Å². The third-order valence-corrected chi connectivity index (χ3v) is 3.96. The van der Waals surface area contributed by atoms with Gasteiger partial charge in [0.1, 0.15) is 18.1 Å². The Hall–Kier alpha value is -2.47. The summed E-state index contributed by atoms with van der Waals surface area (Å²) in [7, 11) is 1.62. The second-order valence-corrected chi connectivity index (χ2v) is 5.92. The molecule has 2 N–H and O–H groups in total.